The zero-order chi connectivity index (χ0) is 14.1. The van der Waals surface area contributed by atoms with E-state index < -0.39 is 5.97 Å². The first-order chi connectivity index (χ1) is 8.46. The van der Waals surface area contributed by atoms with Crippen molar-refractivity contribution in [1.82, 2.24) is 0 Å². The number of rotatable bonds is 4. The number of nitrogens with one attached hydrogen (secondary N) is 1. The predicted octanol–water partition coefficient (Wildman–Crippen LogP) is 3.25. The van der Waals surface area contributed by atoms with Crippen molar-refractivity contribution in [1.29, 1.82) is 0 Å². The van der Waals surface area contributed by atoms with E-state index in [1.54, 1.807) is 7.11 Å². The molecule has 0 aliphatic rings. The number of carbonyl (C=O) groups is 1. The molecular formula is C14H21NO3. The summed E-state index contributed by atoms with van der Waals surface area (Å²) in [5.41, 5.74) is 3.35. The van der Waals surface area contributed by atoms with Crippen molar-refractivity contribution < 1.29 is 14.6 Å². The number of hydrogen-bond acceptors (Lipinski definition) is 3. The molecule has 0 saturated carbocycles. The molecule has 0 unspecified atom stereocenters. The maximum atomic E-state index is 9.00. The van der Waals surface area contributed by atoms with E-state index in [4.69, 9.17) is 14.6 Å². The van der Waals surface area contributed by atoms with Crippen LogP contribution < -0.4 is 10.1 Å². The molecule has 0 heterocycles. The van der Waals surface area contributed by atoms with Crippen molar-refractivity contribution in [3.05, 3.63) is 30.3 Å². The molecule has 0 saturated heterocycles. The fourth-order valence-corrected chi connectivity index (χ4v) is 1.35. The highest BCUT2D eigenvalue weighted by Gasteiger charge is 2.04. The highest BCUT2D eigenvalue weighted by atomic mass is 16.5. The van der Waals surface area contributed by atoms with Crippen LogP contribution >= 0.6 is 0 Å². The van der Waals surface area contributed by atoms with Gasteiger partial charge >= 0.3 is 0 Å². The topological polar surface area (TPSA) is 58.6 Å². The first-order valence-electron chi connectivity index (χ1n) is 5.69. The van der Waals surface area contributed by atoms with Crippen molar-refractivity contribution >= 4 is 17.2 Å². The maximum absolute atomic E-state index is 9.00. The minimum atomic E-state index is -0.833. The molecule has 0 atom stereocenters. The Labute approximate surface area is 108 Å². The molecule has 1 aromatic carbocycles. The highest BCUT2D eigenvalue weighted by Crippen LogP contribution is 2.28. The number of methoxy groups -OCH3 is 1. The molecule has 0 aliphatic heterocycles. The average molecular weight is 251 g/mol. The summed E-state index contributed by atoms with van der Waals surface area (Å²) in [5, 5.41) is 10.6. The Morgan fingerprint density at radius 1 is 1.50 bits per heavy atom. The zero-order valence-electron chi connectivity index (χ0n) is 11.4. The summed E-state index contributed by atoms with van der Waals surface area (Å²) in [5.74, 6) is 0.0357. The molecule has 1 aromatic rings. The normalized spacial score (nSPS) is 8.89. The van der Waals surface area contributed by atoms with Gasteiger partial charge in [-0.05, 0) is 30.2 Å². The molecule has 0 aromatic heterocycles. The summed E-state index contributed by atoms with van der Waals surface area (Å²) < 4.78 is 5.18. The van der Waals surface area contributed by atoms with Gasteiger partial charge in [0.25, 0.3) is 5.97 Å². The van der Waals surface area contributed by atoms with Gasteiger partial charge in [-0.1, -0.05) is 13.5 Å². The number of anilines is 1. The predicted molar refractivity (Wildman–Crippen MR) is 75.2 cm³/mol. The molecule has 0 bridgehead atoms. The number of aliphatic carboxylic acids is 1. The van der Waals surface area contributed by atoms with E-state index in [9.17, 15) is 0 Å². The van der Waals surface area contributed by atoms with E-state index in [0.717, 1.165) is 35.9 Å². The van der Waals surface area contributed by atoms with Crippen molar-refractivity contribution in [3.63, 3.8) is 0 Å². The molecule has 2 N–H and O–H groups in total. The smallest absolute Gasteiger partial charge is 0.300 e. The van der Waals surface area contributed by atoms with Gasteiger partial charge in [-0.15, -0.1) is 0 Å². The van der Waals surface area contributed by atoms with Crippen molar-refractivity contribution in [2.45, 2.75) is 20.3 Å². The molecule has 0 fully saturated rings. The van der Waals surface area contributed by atoms with Crippen LogP contribution in [0.3, 0.4) is 0 Å². The molecule has 100 valence electrons. The average Bonchev–Trinajstić information content (AvgIpc) is 2.36. The summed E-state index contributed by atoms with van der Waals surface area (Å²) in [4.78, 5) is 9.00. The molecule has 0 radical (unpaired) electrons. The van der Waals surface area contributed by atoms with Gasteiger partial charge in [-0.25, -0.2) is 0 Å². The second-order valence-electron chi connectivity index (χ2n) is 3.64. The van der Waals surface area contributed by atoms with E-state index in [0.29, 0.717) is 0 Å². The lowest BCUT2D eigenvalue weighted by atomic mass is 10.0. The second-order valence-corrected chi connectivity index (χ2v) is 3.64. The highest BCUT2D eigenvalue weighted by molar-refractivity contribution is 5.76. The summed E-state index contributed by atoms with van der Waals surface area (Å²) in [6, 6.07) is 5.96. The van der Waals surface area contributed by atoms with Gasteiger partial charge in [0.2, 0.25) is 0 Å². The molecule has 18 heavy (non-hydrogen) atoms. The molecular weight excluding hydrogens is 230 g/mol. The lowest BCUT2D eigenvalue weighted by Crippen LogP contribution is -1.95. The summed E-state index contributed by atoms with van der Waals surface area (Å²) in [7, 11) is 3.58. The lowest BCUT2D eigenvalue weighted by molar-refractivity contribution is -0.134. The summed E-state index contributed by atoms with van der Waals surface area (Å²) in [6.45, 7) is 7.21. The largest absolute Gasteiger partial charge is 0.497 e. The van der Waals surface area contributed by atoms with Crippen molar-refractivity contribution in [3.8, 4) is 5.75 Å². The van der Waals surface area contributed by atoms with Crippen LogP contribution in [-0.4, -0.2) is 25.2 Å². The van der Waals surface area contributed by atoms with E-state index in [2.05, 4.69) is 18.8 Å². The molecule has 0 amide bonds. The van der Waals surface area contributed by atoms with Crippen LogP contribution in [0.5, 0.6) is 5.75 Å². The van der Waals surface area contributed by atoms with E-state index in [-0.39, 0.29) is 0 Å². The third-order valence-corrected chi connectivity index (χ3v) is 2.30. The number of carboxylic acid groups (broad SMARTS) is 1. The number of benzene rings is 1. The van der Waals surface area contributed by atoms with Crippen LogP contribution in [0.1, 0.15) is 25.8 Å². The molecule has 4 nitrogen and oxygen atoms in total. The van der Waals surface area contributed by atoms with Gasteiger partial charge in [-0.3, -0.25) is 4.79 Å². The maximum Gasteiger partial charge on any atom is 0.300 e. The number of hydrogen-bond donors (Lipinski definition) is 2. The van der Waals surface area contributed by atoms with E-state index in [1.165, 1.54) is 0 Å². The Morgan fingerprint density at radius 3 is 2.44 bits per heavy atom. The molecule has 0 aliphatic carbocycles. The lowest BCUT2D eigenvalue weighted by Gasteiger charge is -2.11. The second kappa shape index (κ2) is 8.17. The van der Waals surface area contributed by atoms with Gasteiger partial charge in [0, 0.05) is 25.2 Å². The van der Waals surface area contributed by atoms with Crippen molar-refractivity contribution in [2.75, 3.05) is 19.5 Å². The Balaban J connectivity index is 0.000000631. The molecule has 4 heteroatoms. The first kappa shape index (κ1) is 16.0. The summed E-state index contributed by atoms with van der Waals surface area (Å²) in [6.07, 6.45) is 0.946. The Kier molecular flexibility index (Phi) is 7.28. The zero-order valence-corrected chi connectivity index (χ0v) is 11.4. The Bertz CT molecular complexity index is 410. The van der Waals surface area contributed by atoms with Crippen molar-refractivity contribution in [2.24, 2.45) is 0 Å². The van der Waals surface area contributed by atoms with Crippen LogP contribution in [0.4, 0.5) is 5.69 Å². The minimum Gasteiger partial charge on any atom is -0.497 e. The SMILES string of the molecule is C=C(CC)c1cc(OC)ccc1NC.CC(=O)O. The fraction of sp³-hybridized carbons (Fsp3) is 0.357. The monoisotopic (exact) mass is 251 g/mol. The van der Waals surface area contributed by atoms with Gasteiger partial charge in [0.15, 0.2) is 0 Å². The van der Waals surface area contributed by atoms with Gasteiger partial charge in [-0.2, -0.15) is 0 Å². The molecule has 0 spiro atoms. The Morgan fingerprint density at radius 2 is 2.06 bits per heavy atom. The van der Waals surface area contributed by atoms with Crippen LogP contribution in [0.25, 0.3) is 5.57 Å². The van der Waals surface area contributed by atoms with Crippen LogP contribution in [0.15, 0.2) is 24.8 Å². The first-order valence-corrected chi connectivity index (χ1v) is 5.69. The summed E-state index contributed by atoms with van der Waals surface area (Å²) >= 11 is 0. The number of carboxylic acids is 1. The number of ether oxygens (including phenoxy) is 1. The molecule has 1 rings (SSSR count). The quantitative estimate of drug-likeness (QED) is 0.862. The van der Waals surface area contributed by atoms with Gasteiger partial charge in [0.1, 0.15) is 5.75 Å². The van der Waals surface area contributed by atoms with Gasteiger partial charge in [0.05, 0.1) is 7.11 Å². The third kappa shape index (κ3) is 5.39. The fourth-order valence-electron chi connectivity index (χ4n) is 1.35. The standard InChI is InChI=1S/C12H17NO.C2H4O2/c1-5-9(2)11-8-10(14-4)6-7-12(11)13-3;1-2(3)4/h6-8,13H,2,5H2,1,3-4H3;1H3,(H,3,4). The third-order valence-electron chi connectivity index (χ3n) is 2.30. The Hall–Kier alpha value is -1.97. The van der Waals surface area contributed by atoms with Crippen LogP contribution in [0, 0.1) is 0 Å². The van der Waals surface area contributed by atoms with E-state index >= 15 is 0 Å². The number of allylic oxidation sites excluding steroid dienone is 1. The van der Waals surface area contributed by atoms with E-state index in [1.807, 2.05) is 25.2 Å². The minimum absolute atomic E-state index is 0.833. The van der Waals surface area contributed by atoms with Gasteiger partial charge < -0.3 is 15.2 Å². The van der Waals surface area contributed by atoms with Crippen LogP contribution in [-0.2, 0) is 4.79 Å². The van der Waals surface area contributed by atoms with Crippen LogP contribution in [0.2, 0.25) is 0 Å².